The summed E-state index contributed by atoms with van der Waals surface area (Å²) in [6.07, 6.45) is 5.10. The van der Waals surface area contributed by atoms with Crippen molar-refractivity contribution >= 4 is 27.5 Å². The van der Waals surface area contributed by atoms with Gasteiger partial charge in [0.05, 0.1) is 15.5 Å². The van der Waals surface area contributed by atoms with Gasteiger partial charge in [0.1, 0.15) is 0 Å². The second-order valence-electron chi connectivity index (χ2n) is 7.20. The van der Waals surface area contributed by atoms with Crippen molar-refractivity contribution in [2.45, 2.75) is 36.6 Å². The maximum atomic E-state index is 12.9. The van der Waals surface area contributed by atoms with Crippen molar-refractivity contribution < 1.29 is 13.2 Å². The van der Waals surface area contributed by atoms with E-state index < -0.39 is 10.0 Å². The lowest BCUT2D eigenvalue weighted by molar-refractivity contribution is 0.0573. The predicted molar refractivity (Wildman–Crippen MR) is 102 cm³/mol. The van der Waals surface area contributed by atoms with E-state index in [1.165, 1.54) is 58.0 Å². The Hall–Kier alpha value is -1.15. The molecule has 0 atom stereocenters. The van der Waals surface area contributed by atoms with E-state index in [0.717, 1.165) is 17.4 Å². The van der Waals surface area contributed by atoms with Crippen LogP contribution in [0.2, 0.25) is 5.02 Å². The van der Waals surface area contributed by atoms with Crippen LogP contribution in [0.4, 0.5) is 0 Å². The number of hydrogen-bond acceptors (Lipinski definition) is 4. The largest absolute Gasteiger partial charge is 0.336 e. The predicted octanol–water partition coefficient (Wildman–Crippen LogP) is 2.29. The minimum Gasteiger partial charge on any atom is -0.336 e. The number of nitrogens with zero attached hydrogens (tertiary/aromatic N) is 3. The van der Waals surface area contributed by atoms with Crippen molar-refractivity contribution in [2.24, 2.45) is 0 Å². The third-order valence-electron chi connectivity index (χ3n) is 5.39. The minimum absolute atomic E-state index is 0.0832. The molecule has 1 aliphatic heterocycles. The van der Waals surface area contributed by atoms with Gasteiger partial charge >= 0.3 is 0 Å². The molecule has 1 amide bonds. The van der Waals surface area contributed by atoms with Gasteiger partial charge in [0.2, 0.25) is 10.0 Å². The van der Waals surface area contributed by atoms with E-state index in [-0.39, 0.29) is 21.4 Å². The van der Waals surface area contributed by atoms with Gasteiger partial charge in [0.25, 0.3) is 5.91 Å². The Morgan fingerprint density at radius 1 is 1.12 bits per heavy atom. The lowest BCUT2D eigenvalue weighted by Crippen LogP contribution is -2.51. The number of sulfonamides is 1. The molecule has 1 aromatic rings. The molecule has 1 saturated heterocycles. The molecule has 3 rings (SSSR count). The molecule has 2 fully saturated rings. The van der Waals surface area contributed by atoms with Crippen LogP contribution in [0.1, 0.15) is 36.0 Å². The third kappa shape index (κ3) is 3.91. The van der Waals surface area contributed by atoms with Gasteiger partial charge in [-0.05, 0) is 31.0 Å². The van der Waals surface area contributed by atoms with Gasteiger partial charge < -0.3 is 4.90 Å². The Labute approximate surface area is 160 Å². The maximum Gasteiger partial charge on any atom is 0.255 e. The lowest BCUT2D eigenvalue weighted by atomic mass is 10.1. The fourth-order valence-electron chi connectivity index (χ4n) is 3.77. The average molecular weight is 400 g/mol. The van der Waals surface area contributed by atoms with Crippen molar-refractivity contribution in [3.8, 4) is 0 Å². The highest BCUT2D eigenvalue weighted by molar-refractivity contribution is 7.89. The van der Waals surface area contributed by atoms with Crippen molar-refractivity contribution in [3.05, 3.63) is 28.8 Å². The summed E-state index contributed by atoms with van der Waals surface area (Å²) in [6, 6.07) is 4.97. The summed E-state index contributed by atoms with van der Waals surface area (Å²) in [5.41, 5.74) is 0.254. The van der Waals surface area contributed by atoms with Crippen molar-refractivity contribution in [3.63, 3.8) is 0 Å². The Balaban J connectivity index is 1.74. The highest BCUT2D eigenvalue weighted by atomic mass is 35.5. The summed E-state index contributed by atoms with van der Waals surface area (Å²) in [4.78, 5) is 17.2. The summed E-state index contributed by atoms with van der Waals surface area (Å²) >= 11 is 6.21. The first kappa shape index (κ1) is 19.6. The summed E-state index contributed by atoms with van der Waals surface area (Å²) in [6.45, 7) is 3.03. The first-order valence-electron chi connectivity index (χ1n) is 9.06. The molecule has 1 aromatic carbocycles. The number of amides is 1. The second-order valence-corrected chi connectivity index (χ2v) is 9.75. The smallest absolute Gasteiger partial charge is 0.255 e. The van der Waals surface area contributed by atoms with Crippen molar-refractivity contribution in [1.82, 2.24) is 14.1 Å². The van der Waals surface area contributed by atoms with Gasteiger partial charge in [-0.2, -0.15) is 0 Å². The minimum atomic E-state index is -3.60. The standard InChI is InChI=1S/C18H26ClN3O3S/c1-20(2)26(24,25)15-7-8-17(19)16(13-15)18(23)22-11-9-21(10-12-22)14-5-3-4-6-14/h7-8,13-14H,3-6,9-12H2,1-2H3. The molecule has 1 saturated carbocycles. The van der Waals surface area contributed by atoms with Gasteiger partial charge in [0, 0.05) is 46.3 Å². The molecule has 0 spiro atoms. The Morgan fingerprint density at radius 2 is 1.73 bits per heavy atom. The van der Waals surface area contributed by atoms with E-state index in [2.05, 4.69) is 4.90 Å². The first-order chi connectivity index (χ1) is 12.3. The van der Waals surface area contributed by atoms with Crippen LogP contribution in [0.3, 0.4) is 0 Å². The fourth-order valence-corrected chi connectivity index (χ4v) is 4.90. The highest BCUT2D eigenvalue weighted by Crippen LogP contribution is 2.26. The Kier molecular flexibility index (Phi) is 5.91. The number of carbonyl (C=O) groups excluding carboxylic acids is 1. The van der Waals surface area contributed by atoms with E-state index in [4.69, 9.17) is 11.6 Å². The van der Waals surface area contributed by atoms with Gasteiger partial charge in [0.15, 0.2) is 0 Å². The molecule has 8 heteroatoms. The van der Waals surface area contributed by atoms with E-state index in [1.54, 1.807) is 4.90 Å². The third-order valence-corrected chi connectivity index (χ3v) is 7.53. The quantitative estimate of drug-likeness (QED) is 0.779. The molecule has 0 radical (unpaired) electrons. The number of hydrogen-bond donors (Lipinski definition) is 0. The molecular weight excluding hydrogens is 374 g/mol. The molecule has 144 valence electrons. The van der Waals surface area contributed by atoms with Crippen molar-refractivity contribution in [1.29, 1.82) is 0 Å². The van der Waals surface area contributed by atoms with Crippen LogP contribution in [0.15, 0.2) is 23.1 Å². The number of benzene rings is 1. The number of rotatable bonds is 4. The number of carbonyl (C=O) groups is 1. The zero-order chi connectivity index (χ0) is 18.9. The van der Waals surface area contributed by atoms with Crippen LogP contribution in [0, 0.1) is 0 Å². The number of piperazine rings is 1. The Morgan fingerprint density at radius 3 is 2.31 bits per heavy atom. The molecule has 0 unspecified atom stereocenters. The normalized spacial score (nSPS) is 20.1. The van der Waals surface area contributed by atoms with Gasteiger partial charge in [-0.1, -0.05) is 24.4 Å². The molecule has 0 bridgehead atoms. The molecule has 1 heterocycles. The molecule has 26 heavy (non-hydrogen) atoms. The lowest BCUT2D eigenvalue weighted by Gasteiger charge is -2.38. The molecular formula is C18H26ClN3O3S. The summed E-state index contributed by atoms with van der Waals surface area (Å²) in [5, 5.41) is 0.283. The zero-order valence-corrected chi connectivity index (χ0v) is 16.9. The molecule has 6 nitrogen and oxygen atoms in total. The highest BCUT2D eigenvalue weighted by Gasteiger charge is 2.29. The van der Waals surface area contributed by atoms with Crippen LogP contribution >= 0.6 is 11.6 Å². The van der Waals surface area contributed by atoms with Gasteiger partial charge in [-0.3, -0.25) is 9.69 Å². The van der Waals surface area contributed by atoms with Gasteiger partial charge in [-0.15, -0.1) is 0 Å². The number of halogens is 1. The van der Waals surface area contributed by atoms with E-state index >= 15 is 0 Å². The maximum absolute atomic E-state index is 12.9. The Bertz CT molecular complexity index is 768. The summed E-state index contributed by atoms with van der Waals surface area (Å²) in [7, 11) is -0.673. The monoisotopic (exact) mass is 399 g/mol. The van der Waals surface area contributed by atoms with Crippen molar-refractivity contribution in [2.75, 3.05) is 40.3 Å². The average Bonchev–Trinajstić information content (AvgIpc) is 3.16. The van der Waals surface area contributed by atoms with Crippen LogP contribution < -0.4 is 0 Å². The van der Waals surface area contributed by atoms with Crippen LogP contribution in [-0.4, -0.2) is 74.7 Å². The zero-order valence-electron chi connectivity index (χ0n) is 15.3. The second kappa shape index (κ2) is 7.84. The SMILES string of the molecule is CN(C)S(=O)(=O)c1ccc(Cl)c(C(=O)N2CCN(C3CCCC3)CC2)c1. The van der Waals surface area contributed by atoms with E-state index in [1.807, 2.05) is 0 Å². The van der Waals surface area contributed by atoms with Crippen LogP contribution in [-0.2, 0) is 10.0 Å². The van der Waals surface area contributed by atoms with Gasteiger partial charge in [-0.25, -0.2) is 12.7 Å². The van der Waals surface area contributed by atoms with E-state index in [0.29, 0.717) is 19.1 Å². The first-order valence-corrected chi connectivity index (χ1v) is 10.9. The molecule has 1 aliphatic carbocycles. The summed E-state index contributed by atoms with van der Waals surface area (Å²) < 4.78 is 25.8. The fraction of sp³-hybridized carbons (Fsp3) is 0.611. The molecule has 0 aromatic heterocycles. The molecule has 0 N–H and O–H groups in total. The molecule has 2 aliphatic rings. The van der Waals surface area contributed by atoms with Crippen LogP contribution in [0.5, 0.6) is 0 Å². The van der Waals surface area contributed by atoms with E-state index in [9.17, 15) is 13.2 Å². The summed E-state index contributed by atoms with van der Waals surface area (Å²) in [5.74, 6) is -0.197. The topological polar surface area (TPSA) is 60.9 Å². The van der Waals surface area contributed by atoms with Crippen LogP contribution in [0.25, 0.3) is 0 Å².